The molecule has 0 aliphatic heterocycles. The average Bonchev–Trinajstić information content (AvgIpc) is 2.85. The highest BCUT2D eigenvalue weighted by Crippen LogP contribution is 2.24. The Morgan fingerprint density at radius 2 is 2.11 bits per heavy atom. The summed E-state index contributed by atoms with van der Waals surface area (Å²) in [6, 6.07) is 8.44. The second-order valence-electron chi connectivity index (χ2n) is 4.09. The lowest BCUT2D eigenvalue weighted by Crippen LogP contribution is -2.04. The number of thiazole rings is 1. The monoisotopic (exact) mass is 293 g/mol. The van der Waals surface area contributed by atoms with Crippen LogP contribution in [0.15, 0.2) is 34.5 Å². The predicted molar refractivity (Wildman–Crippen MR) is 78.6 cm³/mol. The van der Waals surface area contributed by atoms with E-state index in [2.05, 4.69) is 40.9 Å². The van der Waals surface area contributed by atoms with Crippen LogP contribution >= 0.6 is 23.1 Å². The topological polar surface area (TPSA) is 39.2 Å². The maximum absolute atomic E-state index is 11.1. The number of rotatable bonds is 5. The molecule has 0 radical (unpaired) electrons. The molecule has 1 aromatic heterocycles. The van der Waals surface area contributed by atoms with E-state index in [1.54, 1.807) is 23.1 Å². The number of thioether (sulfide) groups is 1. The second kappa shape index (κ2) is 6.73. The molecule has 0 fully saturated rings. The second-order valence-corrected chi connectivity index (χ2v) is 6.08. The molecule has 0 saturated carbocycles. The molecule has 100 valence electrons. The molecule has 5 heteroatoms. The van der Waals surface area contributed by atoms with Crippen LogP contribution in [0, 0.1) is 6.92 Å². The first-order valence-corrected chi connectivity index (χ1v) is 7.73. The zero-order valence-electron chi connectivity index (χ0n) is 10.9. The van der Waals surface area contributed by atoms with Crippen LogP contribution in [-0.4, -0.2) is 18.1 Å². The summed E-state index contributed by atoms with van der Waals surface area (Å²) >= 11 is 3.34. The number of hydrogen-bond acceptors (Lipinski definition) is 5. The summed E-state index contributed by atoms with van der Waals surface area (Å²) in [6.45, 7) is 2.08. The van der Waals surface area contributed by atoms with E-state index in [-0.39, 0.29) is 12.4 Å². The first-order valence-electron chi connectivity index (χ1n) is 5.87. The highest BCUT2D eigenvalue weighted by Gasteiger charge is 2.07. The van der Waals surface area contributed by atoms with Crippen molar-refractivity contribution in [3.8, 4) is 0 Å². The summed E-state index contributed by atoms with van der Waals surface area (Å²) in [5.41, 5.74) is 2.05. The molecular formula is C14H15NO2S2. The fourth-order valence-corrected chi connectivity index (χ4v) is 3.21. The van der Waals surface area contributed by atoms with Gasteiger partial charge in [0.15, 0.2) is 0 Å². The van der Waals surface area contributed by atoms with E-state index in [0.717, 1.165) is 16.5 Å². The number of hydrogen-bond donors (Lipinski definition) is 0. The van der Waals surface area contributed by atoms with Crippen molar-refractivity contribution in [2.24, 2.45) is 0 Å². The molecule has 2 aromatic rings. The van der Waals surface area contributed by atoms with E-state index in [0.29, 0.717) is 0 Å². The van der Waals surface area contributed by atoms with Gasteiger partial charge in [0.1, 0.15) is 5.01 Å². The smallest absolute Gasteiger partial charge is 0.311 e. The van der Waals surface area contributed by atoms with Gasteiger partial charge in [0.2, 0.25) is 0 Å². The molecule has 19 heavy (non-hydrogen) atoms. The lowest BCUT2D eigenvalue weighted by Gasteiger charge is -1.99. The van der Waals surface area contributed by atoms with Crippen LogP contribution in [0.4, 0.5) is 0 Å². The Bertz CT molecular complexity index is 549. The first-order chi connectivity index (χ1) is 9.17. The number of aryl methyl sites for hydroxylation is 1. The number of carbonyl (C=O) groups is 1. The Labute approximate surface area is 121 Å². The van der Waals surface area contributed by atoms with Gasteiger partial charge in [-0.25, -0.2) is 4.98 Å². The van der Waals surface area contributed by atoms with E-state index in [4.69, 9.17) is 0 Å². The Balaban J connectivity index is 1.89. The molecule has 0 amide bonds. The van der Waals surface area contributed by atoms with Crippen LogP contribution in [0.1, 0.15) is 16.3 Å². The molecule has 0 saturated heterocycles. The molecule has 0 unspecified atom stereocenters. The largest absolute Gasteiger partial charge is 0.469 e. The number of nitrogens with zero attached hydrogens (tertiary/aromatic N) is 1. The Morgan fingerprint density at radius 3 is 2.79 bits per heavy atom. The molecule has 2 rings (SSSR count). The molecule has 0 atom stereocenters. The number of ether oxygens (including phenoxy) is 1. The van der Waals surface area contributed by atoms with Gasteiger partial charge in [-0.05, 0) is 19.1 Å². The minimum Gasteiger partial charge on any atom is -0.469 e. The molecule has 0 spiro atoms. The Hall–Kier alpha value is -1.33. The highest BCUT2D eigenvalue weighted by atomic mass is 32.2. The SMILES string of the molecule is COC(=O)Cc1csc(CSc2ccc(C)cc2)n1. The molecule has 3 nitrogen and oxygen atoms in total. The van der Waals surface area contributed by atoms with Crippen molar-refractivity contribution in [1.82, 2.24) is 4.98 Å². The lowest BCUT2D eigenvalue weighted by molar-refractivity contribution is -0.139. The fourth-order valence-electron chi connectivity index (χ4n) is 1.50. The quantitative estimate of drug-likeness (QED) is 0.625. The van der Waals surface area contributed by atoms with E-state index in [9.17, 15) is 4.79 Å². The standard InChI is InChI=1S/C14H15NO2S2/c1-10-3-5-12(6-4-10)18-9-13-15-11(8-19-13)7-14(16)17-2/h3-6,8H,7,9H2,1-2H3. The van der Waals surface area contributed by atoms with Gasteiger partial charge in [0.25, 0.3) is 0 Å². The van der Waals surface area contributed by atoms with Crippen molar-refractivity contribution in [3.63, 3.8) is 0 Å². The number of benzene rings is 1. The minimum atomic E-state index is -0.247. The van der Waals surface area contributed by atoms with Crippen LogP contribution in [0.5, 0.6) is 0 Å². The number of aromatic nitrogens is 1. The van der Waals surface area contributed by atoms with E-state index in [1.165, 1.54) is 17.6 Å². The summed E-state index contributed by atoms with van der Waals surface area (Å²) in [4.78, 5) is 16.8. The van der Waals surface area contributed by atoms with Crippen LogP contribution in [0.25, 0.3) is 0 Å². The molecule has 0 aliphatic carbocycles. The van der Waals surface area contributed by atoms with Crippen molar-refractivity contribution in [2.45, 2.75) is 24.0 Å². The zero-order chi connectivity index (χ0) is 13.7. The summed E-state index contributed by atoms with van der Waals surface area (Å²) < 4.78 is 4.62. The van der Waals surface area contributed by atoms with Gasteiger partial charge in [0.05, 0.1) is 25.0 Å². The van der Waals surface area contributed by atoms with Crippen LogP contribution < -0.4 is 0 Å². The van der Waals surface area contributed by atoms with E-state index >= 15 is 0 Å². The van der Waals surface area contributed by atoms with Gasteiger partial charge in [-0.2, -0.15) is 0 Å². The highest BCUT2D eigenvalue weighted by molar-refractivity contribution is 7.98. The van der Waals surface area contributed by atoms with Crippen molar-refractivity contribution in [3.05, 3.63) is 45.9 Å². The number of methoxy groups -OCH3 is 1. The van der Waals surface area contributed by atoms with Gasteiger partial charge in [0, 0.05) is 10.3 Å². The van der Waals surface area contributed by atoms with E-state index < -0.39 is 0 Å². The van der Waals surface area contributed by atoms with Gasteiger partial charge in [-0.1, -0.05) is 17.7 Å². The zero-order valence-corrected chi connectivity index (χ0v) is 12.5. The van der Waals surface area contributed by atoms with Crippen molar-refractivity contribution >= 4 is 29.1 Å². The van der Waals surface area contributed by atoms with E-state index in [1.807, 2.05) is 5.38 Å². The van der Waals surface area contributed by atoms with Crippen LogP contribution in [-0.2, 0) is 21.7 Å². The Kier molecular flexibility index (Phi) is 4.99. The molecule has 0 aliphatic rings. The average molecular weight is 293 g/mol. The summed E-state index contributed by atoms with van der Waals surface area (Å²) in [7, 11) is 1.39. The third-order valence-corrected chi connectivity index (χ3v) is 4.64. The van der Waals surface area contributed by atoms with Crippen molar-refractivity contribution in [2.75, 3.05) is 7.11 Å². The fraction of sp³-hybridized carbons (Fsp3) is 0.286. The minimum absolute atomic E-state index is 0.247. The number of carbonyl (C=O) groups excluding carboxylic acids is 1. The van der Waals surface area contributed by atoms with Gasteiger partial charge < -0.3 is 4.74 Å². The van der Waals surface area contributed by atoms with Crippen LogP contribution in [0.3, 0.4) is 0 Å². The first kappa shape index (κ1) is 14.1. The molecule has 0 bridgehead atoms. The summed E-state index contributed by atoms with van der Waals surface area (Å²) in [5.74, 6) is 0.581. The van der Waals surface area contributed by atoms with Crippen LogP contribution in [0.2, 0.25) is 0 Å². The predicted octanol–water partition coefficient (Wildman–Crippen LogP) is 3.46. The third-order valence-electron chi connectivity index (χ3n) is 2.54. The number of esters is 1. The molecule has 1 heterocycles. The molecule has 1 aromatic carbocycles. The normalized spacial score (nSPS) is 10.4. The lowest BCUT2D eigenvalue weighted by atomic mass is 10.2. The Morgan fingerprint density at radius 1 is 1.37 bits per heavy atom. The molecular weight excluding hydrogens is 278 g/mol. The van der Waals surface area contributed by atoms with Crippen molar-refractivity contribution < 1.29 is 9.53 Å². The van der Waals surface area contributed by atoms with Crippen molar-refractivity contribution in [1.29, 1.82) is 0 Å². The summed E-state index contributed by atoms with van der Waals surface area (Å²) in [6.07, 6.45) is 0.252. The third kappa shape index (κ3) is 4.36. The maximum atomic E-state index is 11.1. The van der Waals surface area contributed by atoms with Gasteiger partial charge in [-0.3, -0.25) is 4.79 Å². The van der Waals surface area contributed by atoms with Gasteiger partial charge >= 0.3 is 5.97 Å². The maximum Gasteiger partial charge on any atom is 0.311 e. The summed E-state index contributed by atoms with van der Waals surface area (Å²) in [5, 5.41) is 2.95. The van der Waals surface area contributed by atoms with Gasteiger partial charge in [-0.15, -0.1) is 23.1 Å². The molecule has 0 N–H and O–H groups in total.